The zero-order chi connectivity index (χ0) is 13.8. The van der Waals surface area contributed by atoms with E-state index >= 15 is 0 Å². The second-order valence-corrected chi connectivity index (χ2v) is 5.65. The number of piperidine rings is 1. The van der Waals surface area contributed by atoms with Crippen LogP contribution in [0.25, 0.3) is 0 Å². The van der Waals surface area contributed by atoms with Crippen molar-refractivity contribution in [3.8, 4) is 11.5 Å². The summed E-state index contributed by atoms with van der Waals surface area (Å²) in [6, 6.07) is 2.61. The lowest BCUT2D eigenvalue weighted by Gasteiger charge is -2.27. The molecule has 0 spiro atoms. The molecule has 1 heterocycles. The van der Waals surface area contributed by atoms with Crippen LogP contribution in [0.4, 0.5) is 0 Å². The van der Waals surface area contributed by atoms with E-state index in [0.717, 1.165) is 35.4 Å². The molecule has 0 aromatic heterocycles. The minimum Gasteiger partial charge on any atom is -0.495 e. The molecular formula is C15H22BrNO2. The smallest absolute Gasteiger partial charge is 0.141 e. The highest BCUT2D eigenvalue weighted by atomic mass is 79.9. The van der Waals surface area contributed by atoms with Gasteiger partial charge in [-0.05, 0) is 53.4 Å². The highest BCUT2D eigenvalue weighted by Gasteiger charge is 2.24. The van der Waals surface area contributed by atoms with Crippen LogP contribution in [0.15, 0.2) is 10.5 Å². The average molecular weight is 328 g/mol. The molecule has 1 aliphatic rings. The zero-order valence-corrected chi connectivity index (χ0v) is 13.5. The number of rotatable bonds is 4. The number of ether oxygens (including phenoxy) is 2. The summed E-state index contributed by atoms with van der Waals surface area (Å²) in [6.45, 7) is 3.23. The van der Waals surface area contributed by atoms with E-state index in [2.05, 4.69) is 34.2 Å². The third kappa shape index (κ3) is 2.90. The molecule has 0 saturated carbocycles. The van der Waals surface area contributed by atoms with Gasteiger partial charge < -0.3 is 14.8 Å². The molecule has 1 N–H and O–H groups in total. The molecule has 1 saturated heterocycles. The SMILES string of the molecule is CCc1cc(C2CCCCN2)c(OC)c(Br)c1OC. The summed E-state index contributed by atoms with van der Waals surface area (Å²) in [6.07, 6.45) is 4.65. The van der Waals surface area contributed by atoms with E-state index in [1.54, 1.807) is 14.2 Å². The Kier molecular flexibility index (Phi) is 5.11. The molecule has 0 aliphatic carbocycles. The summed E-state index contributed by atoms with van der Waals surface area (Å²) in [5.74, 6) is 1.78. The second-order valence-electron chi connectivity index (χ2n) is 4.86. The van der Waals surface area contributed by atoms with Gasteiger partial charge in [0, 0.05) is 11.6 Å². The van der Waals surface area contributed by atoms with Crippen LogP contribution in [-0.2, 0) is 6.42 Å². The number of aryl methyl sites for hydroxylation is 1. The van der Waals surface area contributed by atoms with Gasteiger partial charge in [-0.2, -0.15) is 0 Å². The third-order valence-electron chi connectivity index (χ3n) is 3.76. The maximum atomic E-state index is 5.60. The summed E-state index contributed by atoms with van der Waals surface area (Å²) < 4.78 is 12.0. The van der Waals surface area contributed by atoms with Crippen LogP contribution in [-0.4, -0.2) is 20.8 Å². The molecule has 1 fully saturated rings. The maximum absolute atomic E-state index is 5.60. The quantitative estimate of drug-likeness (QED) is 0.911. The van der Waals surface area contributed by atoms with E-state index < -0.39 is 0 Å². The number of hydrogen-bond acceptors (Lipinski definition) is 3. The number of halogens is 1. The van der Waals surface area contributed by atoms with Gasteiger partial charge in [-0.15, -0.1) is 0 Å². The minimum atomic E-state index is 0.385. The number of benzene rings is 1. The second kappa shape index (κ2) is 6.62. The summed E-state index contributed by atoms with van der Waals surface area (Å²) in [5.41, 5.74) is 2.46. The fraction of sp³-hybridized carbons (Fsp3) is 0.600. The summed E-state index contributed by atoms with van der Waals surface area (Å²) >= 11 is 3.63. The zero-order valence-electron chi connectivity index (χ0n) is 11.9. The Bertz CT molecular complexity index is 442. The molecule has 19 heavy (non-hydrogen) atoms. The predicted molar refractivity (Wildman–Crippen MR) is 81.2 cm³/mol. The van der Waals surface area contributed by atoms with Crippen LogP contribution in [0, 0.1) is 0 Å². The largest absolute Gasteiger partial charge is 0.495 e. The number of nitrogens with one attached hydrogen (secondary N) is 1. The molecule has 1 aromatic rings. The van der Waals surface area contributed by atoms with Gasteiger partial charge >= 0.3 is 0 Å². The first-order valence-corrected chi connectivity index (χ1v) is 7.68. The van der Waals surface area contributed by atoms with Crippen molar-refractivity contribution in [3.63, 3.8) is 0 Å². The maximum Gasteiger partial charge on any atom is 0.141 e. The molecule has 2 rings (SSSR count). The van der Waals surface area contributed by atoms with E-state index in [4.69, 9.17) is 9.47 Å². The Balaban J connectivity index is 2.49. The van der Waals surface area contributed by atoms with Crippen LogP contribution in [0.3, 0.4) is 0 Å². The van der Waals surface area contributed by atoms with Crippen LogP contribution in [0.5, 0.6) is 11.5 Å². The molecule has 106 valence electrons. The van der Waals surface area contributed by atoms with Crippen LogP contribution >= 0.6 is 15.9 Å². The monoisotopic (exact) mass is 327 g/mol. The highest BCUT2D eigenvalue weighted by Crippen LogP contribution is 2.43. The Morgan fingerprint density at radius 3 is 2.53 bits per heavy atom. The van der Waals surface area contributed by atoms with E-state index in [1.165, 1.54) is 24.0 Å². The Morgan fingerprint density at radius 1 is 1.26 bits per heavy atom. The van der Waals surface area contributed by atoms with Gasteiger partial charge in [0.25, 0.3) is 0 Å². The van der Waals surface area contributed by atoms with Crippen molar-refractivity contribution >= 4 is 15.9 Å². The molecule has 3 nitrogen and oxygen atoms in total. The van der Waals surface area contributed by atoms with E-state index in [-0.39, 0.29) is 0 Å². The summed E-state index contributed by atoms with van der Waals surface area (Å²) in [7, 11) is 3.43. The number of hydrogen-bond donors (Lipinski definition) is 1. The van der Waals surface area contributed by atoms with Crippen molar-refractivity contribution in [3.05, 3.63) is 21.7 Å². The van der Waals surface area contributed by atoms with Crippen molar-refractivity contribution in [1.29, 1.82) is 0 Å². The molecular weight excluding hydrogens is 306 g/mol. The summed E-state index contributed by atoms with van der Waals surface area (Å²) in [4.78, 5) is 0. The topological polar surface area (TPSA) is 30.5 Å². The predicted octanol–water partition coefficient (Wildman–Crippen LogP) is 3.84. The lowest BCUT2D eigenvalue weighted by Crippen LogP contribution is -2.27. The van der Waals surface area contributed by atoms with Gasteiger partial charge in [-0.3, -0.25) is 0 Å². The first-order chi connectivity index (χ1) is 9.22. The lowest BCUT2D eigenvalue weighted by molar-refractivity contribution is 0.362. The van der Waals surface area contributed by atoms with Crippen molar-refractivity contribution in [2.75, 3.05) is 20.8 Å². The Morgan fingerprint density at radius 2 is 2.00 bits per heavy atom. The fourth-order valence-corrected chi connectivity index (χ4v) is 3.56. The van der Waals surface area contributed by atoms with Gasteiger partial charge in [0.15, 0.2) is 0 Å². The van der Waals surface area contributed by atoms with Crippen LogP contribution in [0.2, 0.25) is 0 Å². The molecule has 0 bridgehead atoms. The van der Waals surface area contributed by atoms with Gasteiger partial charge in [-0.25, -0.2) is 0 Å². The highest BCUT2D eigenvalue weighted by molar-refractivity contribution is 9.10. The Hall–Kier alpha value is -0.740. The standard InChI is InChI=1S/C15H22BrNO2/c1-4-10-9-11(12-7-5-6-8-17-12)15(19-3)13(16)14(10)18-2/h9,12,17H,4-8H2,1-3H3. The van der Waals surface area contributed by atoms with E-state index in [9.17, 15) is 0 Å². The molecule has 4 heteroatoms. The van der Waals surface area contributed by atoms with Gasteiger partial charge in [0.05, 0.1) is 14.2 Å². The first kappa shape index (κ1) is 14.7. The number of methoxy groups -OCH3 is 2. The molecule has 0 amide bonds. The minimum absolute atomic E-state index is 0.385. The van der Waals surface area contributed by atoms with Gasteiger partial charge in [-0.1, -0.05) is 13.3 Å². The average Bonchev–Trinajstić information content (AvgIpc) is 2.47. The van der Waals surface area contributed by atoms with Crippen molar-refractivity contribution in [1.82, 2.24) is 5.32 Å². The fourth-order valence-electron chi connectivity index (χ4n) is 2.76. The van der Waals surface area contributed by atoms with Crippen LogP contribution < -0.4 is 14.8 Å². The molecule has 1 aliphatic heterocycles. The summed E-state index contributed by atoms with van der Waals surface area (Å²) in [5, 5.41) is 3.58. The molecule has 1 unspecified atom stereocenters. The van der Waals surface area contributed by atoms with E-state index in [1.807, 2.05) is 0 Å². The van der Waals surface area contributed by atoms with Crippen molar-refractivity contribution in [2.24, 2.45) is 0 Å². The molecule has 0 radical (unpaired) electrons. The van der Waals surface area contributed by atoms with Gasteiger partial charge in [0.2, 0.25) is 0 Å². The molecule has 1 aromatic carbocycles. The van der Waals surface area contributed by atoms with Gasteiger partial charge in [0.1, 0.15) is 16.0 Å². The first-order valence-electron chi connectivity index (χ1n) is 6.89. The third-order valence-corrected chi connectivity index (χ3v) is 4.48. The normalized spacial score (nSPS) is 19.3. The van der Waals surface area contributed by atoms with E-state index in [0.29, 0.717) is 6.04 Å². The van der Waals surface area contributed by atoms with Crippen LogP contribution in [0.1, 0.15) is 43.4 Å². The van der Waals surface area contributed by atoms with Crippen molar-refractivity contribution < 1.29 is 9.47 Å². The molecule has 1 atom stereocenters. The lowest BCUT2D eigenvalue weighted by atomic mass is 9.94. The van der Waals surface area contributed by atoms with Crippen molar-refractivity contribution in [2.45, 2.75) is 38.6 Å². The Labute approximate surface area is 123 Å².